The summed E-state index contributed by atoms with van der Waals surface area (Å²) < 4.78 is 1.90. The standard InChI is InChI=1S/C19H30N4O3/c1-3-4-7-23-13(2)17(10-20-23)19(26)21-15-8-16(9-15)22(12-18(24)25)11-14-5-6-14/h10,14-16H,3-9,11-12H2,1-2H3,(H,21,26)(H,24,25). The topological polar surface area (TPSA) is 87.5 Å². The summed E-state index contributed by atoms with van der Waals surface area (Å²) in [7, 11) is 0. The second-order valence-corrected chi connectivity index (χ2v) is 7.78. The van der Waals surface area contributed by atoms with Crippen LogP contribution in [0.4, 0.5) is 0 Å². The van der Waals surface area contributed by atoms with Crippen LogP contribution in [0.3, 0.4) is 0 Å². The number of rotatable bonds is 10. The van der Waals surface area contributed by atoms with Crippen LogP contribution >= 0.6 is 0 Å². The highest BCUT2D eigenvalue weighted by Gasteiger charge is 2.38. The highest BCUT2D eigenvalue weighted by molar-refractivity contribution is 5.95. The van der Waals surface area contributed by atoms with Crippen molar-refractivity contribution in [1.82, 2.24) is 20.0 Å². The number of carboxylic acid groups (broad SMARTS) is 1. The van der Waals surface area contributed by atoms with Crippen molar-refractivity contribution in [3.8, 4) is 0 Å². The number of unbranched alkanes of at least 4 members (excludes halogenated alkanes) is 1. The quantitative estimate of drug-likeness (QED) is 0.665. The smallest absolute Gasteiger partial charge is 0.317 e. The lowest BCUT2D eigenvalue weighted by molar-refractivity contribution is -0.139. The van der Waals surface area contributed by atoms with Gasteiger partial charge in [-0.25, -0.2) is 0 Å². The molecule has 0 spiro atoms. The van der Waals surface area contributed by atoms with Gasteiger partial charge in [-0.2, -0.15) is 5.10 Å². The Labute approximate surface area is 154 Å². The zero-order valence-electron chi connectivity index (χ0n) is 15.8. The average molecular weight is 362 g/mol. The molecule has 0 radical (unpaired) electrons. The van der Waals surface area contributed by atoms with E-state index in [1.807, 2.05) is 11.6 Å². The van der Waals surface area contributed by atoms with Gasteiger partial charge in [0.2, 0.25) is 0 Å². The predicted molar refractivity (Wildman–Crippen MR) is 98.1 cm³/mol. The van der Waals surface area contributed by atoms with Gasteiger partial charge in [0, 0.05) is 30.9 Å². The molecule has 2 aliphatic carbocycles. The molecular weight excluding hydrogens is 332 g/mol. The third kappa shape index (κ3) is 4.63. The van der Waals surface area contributed by atoms with Gasteiger partial charge in [-0.1, -0.05) is 13.3 Å². The Balaban J connectivity index is 1.49. The SMILES string of the molecule is CCCCn1ncc(C(=O)NC2CC(N(CC(=O)O)CC3CC3)C2)c1C. The summed E-state index contributed by atoms with van der Waals surface area (Å²) in [4.78, 5) is 25.7. The van der Waals surface area contributed by atoms with Gasteiger partial charge < -0.3 is 10.4 Å². The molecule has 0 unspecified atom stereocenters. The first kappa shape index (κ1) is 18.9. The number of nitrogens with zero attached hydrogens (tertiary/aromatic N) is 3. The van der Waals surface area contributed by atoms with Gasteiger partial charge in [0.15, 0.2) is 0 Å². The molecule has 0 atom stereocenters. The monoisotopic (exact) mass is 362 g/mol. The average Bonchev–Trinajstić information content (AvgIpc) is 3.29. The molecule has 26 heavy (non-hydrogen) atoms. The Hall–Kier alpha value is -1.89. The van der Waals surface area contributed by atoms with E-state index in [-0.39, 0.29) is 24.5 Å². The Morgan fingerprint density at radius 3 is 2.73 bits per heavy atom. The van der Waals surface area contributed by atoms with Crippen molar-refractivity contribution in [2.24, 2.45) is 5.92 Å². The van der Waals surface area contributed by atoms with Crippen LogP contribution in [0.2, 0.25) is 0 Å². The van der Waals surface area contributed by atoms with Crippen molar-refractivity contribution in [3.63, 3.8) is 0 Å². The molecule has 7 nitrogen and oxygen atoms in total. The van der Waals surface area contributed by atoms with Crippen LogP contribution < -0.4 is 5.32 Å². The zero-order valence-corrected chi connectivity index (χ0v) is 15.8. The third-order valence-electron chi connectivity index (χ3n) is 5.56. The molecule has 0 bridgehead atoms. The van der Waals surface area contributed by atoms with Crippen LogP contribution in [0.5, 0.6) is 0 Å². The minimum absolute atomic E-state index is 0.0688. The Bertz CT molecular complexity index is 647. The number of aliphatic carboxylic acids is 1. The fraction of sp³-hybridized carbons (Fsp3) is 0.737. The lowest BCUT2D eigenvalue weighted by atomic mass is 9.85. The number of carbonyl (C=O) groups excluding carboxylic acids is 1. The van der Waals surface area contributed by atoms with E-state index in [9.17, 15) is 9.59 Å². The molecule has 2 fully saturated rings. The molecule has 2 N–H and O–H groups in total. The summed E-state index contributed by atoms with van der Waals surface area (Å²) in [5, 5.41) is 16.5. The molecule has 1 amide bonds. The molecular formula is C19H30N4O3. The van der Waals surface area contributed by atoms with Crippen molar-refractivity contribution < 1.29 is 14.7 Å². The van der Waals surface area contributed by atoms with Gasteiger partial charge >= 0.3 is 5.97 Å². The van der Waals surface area contributed by atoms with Crippen molar-refractivity contribution in [2.45, 2.75) is 71.0 Å². The van der Waals surface area contributed by atoms with E-state index in [2.05, 4.69) is 22.2 Å². The van der Waals surface area contributed by atoms with E-state index < -0.39 is 5.97 Å². The number of carboxylic acids is 1. The molecule has 1 heterocycles. The maximum Gasteiger partial charge on any atom is 0.317 e. The first-order chi connectivity index (χ1) is 12.5. The third-order valence-corrected chi connectivity index (χ3v) is 5.56. The molecule has 1 aromatic rings. The van der Waals surface area contributed by atoms with E-state index in [0.717, 1.165) is 44.5 Å². The van der Waals surface area contributed by atoms with Crippen LogP contribution in [-0.2, 0) is 11.3 Å². The number of aromatic nitrogens is 2. The van der Waals surface area contributed by atoms with E-state index in [1.165, 1.54) is 12.8 Å². The summed E-state index contributed by atoms with van der Waals surface area (Å²) in [5.41, 5.74) is 1.55. The molecule has 3 rings (SSSR count). The van der Waals surface area contributed by atoms with Crippen LogP contribution in [-0.4, -0.2) is 56.8 Å². The highest BCUT2D eigenvalue weighted by Crippen LogP contribution is 2.33. The van der Waals surface area contributed by atoms with Gasteiger partial charge in [0.25, 0.3) is 5.91 Å². The second-order valence-electron chi connectivity index (χ2n) is 7.78. The molecule has 2 aliphatic rings. The van der Waals surface area contributed by atoms with Crippen LogP contribution in [0.1, 0.15) is 61.5 Å². The van der Waals surface area contributed by atoms with E-state index in [0.29, 0.717) is 11.5 Å². The van der Waals surface area contributed by atoms with Crippen LogP contribution in [0, 0.1) is 12.8 Å². The molecule has 0 aromatic carbocycles. The first-order valence-corrected chi connectivity index (χ1v) is 9.77. The van der Waals surface area contributed by atoms with Crippen LogP contribution in [0.15, 0.2) is 6.20 Å². The van der Waals surface area contributed by atoms with Gasteiger partial charge in [-0.15, -0.1) is 0 Å². The number of aryl methyl sites for hydroxylation is 1. The molecule has 1 aromatic heterocycles. The highest BCUT2D eigenvalue weighted by atomic mass is 16.4. The van der Waals surface area contributed by atoms with E-state index >= 15 is 0 Å². The fourth-order valence-corrected chi connectivity index (χ4v) is 3.62. The summed E-state index contributed by atoms with van der Waals surface area (Å²) in [6, 6.07) is 0.395. The van der Waals surface area contributed by atoms with Gasteiger partial charge in [0.05, 0.1) is 18.3 Å². The molecule has 144 valence electrons. The number of hydrogen-bond donors (Lipinski definition) is 2. The number of amides is 1. The minimum Gasteiger partial charge on any atom is -0.480 e. The predicted octanol–water partition coefficient (Wildman–Crippen LogP) is 2.05. The van der Waals surface area contributed by atoms with Crippen molar-refractivity contribution in [1.29, 1.82) is 0 Å². The first-order valence-electron chi connectivity index (χ1n) is 9.77. The van der Waals surface area contributed by atoms with Crippen molar-refractivity contribution >= 4 is 11.9 Å². The maximum absolute atomic E-state index is 12.5. The molecule has 7 heteroatoms. The van der Waals surface area contributed by atoms with E-state index in [1.54, 1.807) is 6.20 Å². The minimum atomic E-state index is -0.770. The Morgan fingerprint density at radius 1 is 1.38 bits per heavy atom. The van der Waals surface area contributed by atoms with Crippen molar-refractivity contribution in [2.75, 3.05) is 13.1 Å². The largest absolute Gasteiger partial charge is 0.480 e. The Kier molecular flexibility index (Phi) is 5.96. The van der Waals surface area contributed by atoms with Gasteiger partial charge in [-0.05, 0) is 44.9 Å². The summed E-state index contributed by atoms with van der Waals surface area (Å²) in [6.07, 6.45) is 7.88. The normalized spacial score (nSPS) is 22.3. The fourth-order valence-electron chi connectivity index (χ4n) is 3.62. The summed E-state index contributed by atoms with van der Waals surface area (Å²) in [6.45, 7) is 5.89. The summed E-state index contributed by atoms with van der Waals surface area (Å²) in [5.74, 6) is -0.173. The lowest BCUT2D eigenvalue weighted by Crippen LogP contribution is -2.55. The molecule has 0 aliphatic heterocycles. The second kappa shape index (κ2) is 8.20. The maximum atomic E-state index is 12.5. The molecule has 2 saturated carbocycles. The van der Waals surface area contributed by atoms with Gasteiger partial charge in [-0.3, -0.25) is 19.2 Å². The lowest BCUT2D eigenvalue weighted by Gasteiger charge is -2.42. The van der Waals surface area contributed by atoms with Gasteiger partial charge in [0.1, 0.15) is 0 Å². The number of carbonyl (C=O) groups is 2. The van der Waals surface area contributed by atoms with Crippen LogP contribution in [0.25, 0.3) is 0 Å². The van der Waals surface area contributed by atoms with E-state index in [4.69, 9.17) is 5.11 Å². The molecule has 0 saturated heterocycles. The number of nitrogens with one attached hydrogen (secondary N) is 1. The zero-order chi connectivity index (χ0) is 18.7. The number of hydrogen-bond acceptors (Lipinski definition) is 4. The van der Waals surface area contributed by atoms with Crippen molar-refractivity contribution in [3.05, 3.63) is 17.5 Å². The Morgan fingerprint density at radius 2 is 2.12 bits per heavy atom. The summed E-state index contributed by atoms with van der Waals surface area (Å²) >= 11 is 0.